The molecule has 192 valence electrons. The third kappa shape index (κ3) is 7.79. The van der Waals surface area contributed by atoms with Crippen molar-refractivity contribution in [2.24, 2.45) is 0 Å². The SMILES string of the molecule is O=C(COC(=O)c1ccc(OCC2CCCO2)cc1)COC(=O)c1ccc(OCC2CCCO2)cc1. The number of hydrogen-bond donors (Lipinski definition) is 0. The molecule has 0 aliphatic carbocycles. The Bertz CT molecular complexity index is 923. The first-order valence-electron chi connectivity index (χ1n) is 12.1. The average Bonchev–Trinajstić information content (AvgIpc) is 3.63. The molecule has 2 aliphatic rings. The van der Waals surface area contributed by atoms with Crippen molar-refractivity contribution in [1.82, 2.24) is 0 Å². The van der Waals surface area contributed by atoms with Gasteiger partial charge in [-0.1, -0.05) is 0 Å². The van der Waals surface area contributed by atoms with Crippen LogP contribution < -0.4 is 9.47 Å². The predicted octanol–water partition coefficient (Wildman–Crippen LogP) is 3.39. The Kier molecular flexibility index (Phi) is 9.29. The highest BCUT2D eigenvalue weighted by Gasteiger charge is 2.18. The van der Waals surface area contributed by atoms with Crippen molar-refractivity contribution >= 4 is 17.7 Å². The van der Waals surface area contributed by atoms with E-state index >= 15 is 0 Å². The Balaban J connectivity index is 1.13. The van der Waals surface area contributed by atoms with Crippen molar-refractivity contribution in [3.63, 3.8) is 0 Å². The first kappa shape index (κ1) is 25.7. The number of benzene rings is 2. The monoisotopic (exact) mass is 498 g/mol. The lowest BCUT2D eigenvalue weighted by Crippen LogP contribution is -2.20. The van der Waals surface area contributed by atoms with Gasteiger partial charge in [0.15, 0.2) is 13.2 Å². The number of carbonyl (C=O) groups excluding carboxylic acids is 3. The van der Waals surface area contributed by atoms with Crippen LogP contribution >= 0.6 is 0 Å². The van der Waals surface area contributed by atoms with Crippen LogP contribution in [0.4, 0.5) is 0 Å². The second-order valence-electron chi connectivity index (χ2n) is 8.63. The molecule has 2 saturated heterocycles. The van der Waals surface area contributed by atoms with E-state index in [0.717, 1.165) is 38.9 Å². The highest BCUT2D eigenvalue weighted by atomic mass is 16.6. The Labute approximate surface area is 209 Å². The van der Waals surface area contributed by atoms with E-state index in [0.29, 0.717) is 24.7 Å². The van der Waals surface area contributed by atoms with Crippen molar-refractivity contribution in [2.75, 3.05) is 39.6 Å². The van der Waals surface area contributed by atoms with Gasteiger partial charge in [0.2, 0.25) is 5.78 Å². The Morgan fingerprint density at radius 3 is 1.44 bits per heavy atom. The largest absolute Gasteiger partial charge is 0.491 e. The van der Waals surface area contributed by atoms with Gasteiger partial charge in [-0.15, -0.1) is 0 Å². The summed E-state index contributed by atoms with van der Waals surface area (Å²) in [5.41, 5.74) is 0.567. The molecule has 0 amide bonds. The van der Waals surface area contributed by atoms with E-state index in [1.54, 1.807) is 48.5 Å². The molecule has 2 aromatic rings. The molecule has 9 nitrogen and oxygen atoms in total. The van der Waals surface area contributed by atoms with Crippen LogP contribution in [0.3, 0.4) is 0 Å². The van der Waals surface area contributed by atoms with Crippen LogP contribution in [0.15, 0.2) is 48.5 Å². The summed E-state index contributed by atoms with van der Waals surface area (Å²) in [4.78, 5) is 36.4. The van der Waals surface area contributed by atoms with E-state index in [9.17, 15) is 14.4 Å². The molecule has 2 aromatic carbocycles. The maximum atomic E-state index is 12.2. The lowest BCUT2D eigenvalue weighted by Gasteiger charge is -2.12. The second kappa shape index (κ2) is 13.0. The molecule has 2 unspecified atom stereocenters. The molecular weight excluding hydrogens is 468 g/mol. The summed E-state index contributed by atoms with van der Waals surface area (Å²) in [6, 6.07) is 12.9. The fourth-order valence-corrected chi connectivity index (χ4v) is 3.80. The highest BCUT2D eigenvalue weighted by Crippen LogP contribution is 2.18. The quantitative estimate of drug-likeness (QED) is 0.407. The van der Waals surface area contributed by atoms with Crippen LogP contribution in [0.25, 0.3) is 0 Å². The van der Waals surface area contributed by atoms with Gasteiger partial charge in [0.25, 0.3) is 0 Å². The molecule has 9 heteroatoms. The van der Waals surface area contributed by atoms with Crippen molar-refractivity contribution in [3.05, 3.63) is 59.7 Å². The van der Waals surface area contributed by atoms with Crippen LogP contribution in [-0.4, -0.2) is 69.6 Å². The molecule has 0 aromatic heterocycles. The molecule has 0 radical (unpaired) electrons. The summed E-state index contributed by atoms with van der Waals surface area (Å²) in [7, 11) is 0. The summed E-state index contributed by atoms with van der Waals surface area (Å²) in [6.07, 6.45) is 4.23. The first-order valence-corrected chi connectivity index (χ1v) is 12.1. The highest BCUT2D eigenvalue weighted by molar-refractivity contribution is 5.94. The maximum absolute atomic E-state index is 12.2. The van der Waals surface area contributed by atoms with Crippen LogP contribution in [0.5, 0.6) is 11.5 Å². The number of ketones is 1. The molecule has 0 saturated carbocycles. The summed E-state index contributed by atoms with van der Waals surface area (Å²) in [5, 5.41) is 0. The number of esters is 2. The van der Waals surface area contributed by atoms with Crippen molar-refractivity contribution in [3.8, 4) is 11.5 Å². The Hall–Kier alpha value is -3.43. The molecule has 2 atom stereocenters. The second-order valence-corrected chi connectivity index (χ2v) is 8.63. The molecule has 0 bridgehead atoms. The van der Waals surface area contributed by atoms with Gasteiger partial charge < -0.3 is 28.4 Å². The third-order valence-corrected chi connectivity index (χ3v) is 5.83. The van der Waals surface area contributed by atoms with E-state index in [-0.39, 0.29) is 23.3 Å². The first-order chi connectivity index (χ1) is 17.6. The minimum atomic E-state index is -0.654. The van der Waals surface area contributed by atoms with E-state index in [2.05, 4.69) is 0 Å². The van der Waals surface area contributed by atoms with Crippen molar-refractivity contribution in [2.45, 2.75) is 37.9 Å². The minimum Gasteiger partial charge on any atom is -0.491 e. The summed E-state index contributed by atoms with van der Waals surface area (Å²) >= 11 is 0. The number of carbonyl (C=O) groups is 3. The molecular formula is C27H30O9. The predicted molar refractivity (Wildman–Crippen MR) is 127 cm³/mol. The average molecular weight is 499 g/mol. The zero-order chi connectivity index (χ0) is 25.2. The topological polar surface area (TPSA) is 107 Å². The number of rotatable bonds is 12. The minimum absolute atomic E-state index is 0.102. The normalized spacial score (nSPS) is 19.0. The molecule has 36 heavy (non-hydrogen) atoms. The lowest BCUT2D eigenvalue weighted by atomic mass is 10.2. The molecule has 4 rings (SSSR count). The Morgan fingerprint density at radius 2 is 1.08 bits per heavy atom. The smallest absolute Gasteiger partial charge is 0.338 e. The molecule has 0 spiro atoms. The van der Waals surface area contributed by atoms with Gasteiger partial charge >= 0.3 is 11.9 Å². The van der Waals surface area contributed by atoms with Crippen LogP contribution in [0.1, 0.15) is 46.4 Å². The van der Waals surface area contributed by atoms with E-state index in [4.69, 9.17) is 28.4 Å². The molecule has 0 N–H and O–H groups in total. The van der Waals surface area contributed by atoms with Gasteiger partial charge in [-0.25, -0.2) is 9.59 Å². The number of Topliss-reactive ketones (excluding diaryl/α,β-unsaturated/α-hetero) is 1. The van der Waals surface area contributed by atoms with Gasteiger partial charge in [0.1, 0.15) is 24.7 Å². The van der Waals surface area contributed by atoms with Gasteiger partial charge in [-0.3, -0.25) is 4.79 Å². The molecule has 2 aliphatic heterocycles. The summed E-state index contributed by atoms with van der Waals surface area (Å²) in [5.74, 6) is -0.609. The fraction of sp³-hybridized carbons (Fsp3) is 0.444. The van der Waals surface area contributed by atoms with Crippen LogP contribution in [0, 0.1) is 0 Å². The van der Waals surface area contributed by atoms with E-state index in [1.165, 1.54) is 0 Å². The Morgan fingerprint density at radius 1 is 0.667 bits per heavy atom. The fourth-order valence-electron chi connectivity index (χ4n) is 3.80. The van der Waals surface area contributed by atoms with Crippen LogP contribution in [0.2, 0.25) is 0 Å². The van der Waals surface area contributed by atoms with Gasteiger partial charge in [0.05, 0.1) is 23.3 Å². The standard InChI is InChI=1S/C27H30O9/c28-21(15-35-26(29)19-5-9-22(10-6-19)33-17-24-3-1-13-31-24)16-36-27(30)20-7-11-23(12-8-20)34-18-25-4-2-14-32-25/h5-12,24-25H,1-4,13-18H2. The third-order valence-electron chi connectivity index (χ3n) is 5.83. The zero-order valence-corrected chi connectivity index (χ0v) is 20.0. The van der Waals surface area contributed by atoms with Gasteiger partial charge in [-0.05, 0) is 74.2 Å². The summed E-state index contributed by atoms with van der Waals surface area (Å²) < 4.78 is 32.4. The number of hydrogen-bond acceptors (Lipinski definition) is 9. The summed E-state index contributed by atoms with van der Waals surface area (Å²) in [6.45, 7) is 1.44. The van der Waals surface area contributed by atoms with Gasteiger partial charge in [-0.2, -0.15) is 0 Å². The maximum Gasteiger partial charge on any atom is 0.338 e. The van der Waals surface area contributed by atoms with E-state index < -0.39 is 30.9 Å². The molecule has 2 fully saturated rings. The zero-order valence-electron chi connectivity index (χ0n) is 20.0. The number of ether oxygens (including phenoxy) is 6. The van der Waals surface area contributed by atoms with Gasteiger partial charge in [0, 0.05) is 13.2 Å². The lowest BCUT2D eigenvalue weighted by molar-refractivity contribution is -0.125. The van der Waals surface area contributed by atoms with E-state index in [1.807, 2.05) is 0 Å². The van der Waals surface area contributed by atoms with Crippen molar-refractivity contribution in [1.29, 1.82) is 0 Å². The molecule has 2 heterocycles. The van der Waals surface area contributed by atoms with Crippen LogP contribution in [-0.2, 0) is 23.7 Å². The van der Waals surface area contributed by atoms with Crippen molar-refractivity contribution < 1.29 is 42.8 Å².